The van der Waals surface area contributed by atoms with Crippen molar-refractivity contribution < 1.29 is 9.47 Å². The second-order valence-corrected chi connectivity index (χ2v) is 17.8. The lowest BCUT2D eigenvalue weighted by Crippen LogP contribution is -2.58. The highest BCUT2D eigenvalue weighted by atomic mass is 16.5. The molecule has 0 saturated carbocycles. The van der Waals surface area contributed by atoms with Gasteiger partial charge in [-0.15, -0.1) is 0 Å². The average Bonchev–Trinajstić information content (AvgIpc) is 3.50. The van der Waals surface area contributed by atoms with Gasteiger partial charge in [-0.25, -0.2) is 0 Å². The quantitative estimate of drug-likeness (QED) is 0.157. The van der Waals surface area contributed by atoms with Crippen LogP contribution in [-0.2, 0) is 5.41 Å². The van der Waals surface area contributed by atoms with Crippen molar-refractivity contribution in [3.05, 3.63) is 197 Å². The molecule has 0 amide bonds. The first-order chi connectivity index (χ1) is 29.5. The highest BCUT2D eigenvalue weighted by Gasteiger charge is 2.48. The first-order valence-corrected chi connectivity index (χ1v) is 21.4. The molecule has 1 aliphatic carbocycles. The topological polar surface area (TPSA) is 24.9 Å². The molecule has 0 unspecified atom stereocenters. The van der Waals surface area contributed by atoms with Gasteiger partial charge in [0, 0.05) is 56.9 Å². The Morgan fingerprint density at radius 2 is 0.934 bits per heavy atom. The molecule has 296 valence electrons. The summed E-state index contributed by atoms with van der Waals surface area (Å²) in [5.41, 5.74) is 20.4. The summed E-state index contributed by atoms with van der Waals surface area (Å²) in [5, 5.41) is 0. The predicted molar refractivity (Wildman–Crippen MR) is 255 cm³/mol. The Balaban J connectivity index is 1.21. The Bertz CT molecular complexity index is 2950. The van der Waals surface area contributed by atoms with Gasteiger partial charge in [-0.2, -0.15) is 0 Å². The van der Waals surface area contributed by atoms with Crippen molar-refractivity contribution in [2.75, 3.05) is 9.80 Å². The first kappa shape index (κ1) is 37.1. The van der Waals surface area contributed by atoms with Crippen LogP contribution in [0.3, 0.4) is 0 Å². The fraction of sp³-hybridized carbons (Fsp3) is 0.143. The Morgan fingerprint density at radius 1 is 0.443 bits per heavy atom. The van der Waals surface area contributed by atoms with E-state index in [1.165, 1.54) is 50.1 Å². The molecule has 2 heterocycles. The van der Waals surface area contributed by atoms with Crippen molar-refractivity contribution >= 4 is 57.2 Å². The first-order valence-electron chi connectivity index (χ1n) is 21.4. The van der Waals surface area contributed by atoms with Crippen LogP contribution in [0.5, 0.6) is 23.0 Å². The van der Waals surface area contributed by atoms with Crippen LogP contribution in [0.15, 0.2) is 158 Å². The van der Waals surface area contributed by atoms with Crippen molar-refractivity contribution in [1.29, 1.82) is 0 Å². The van der Waals surface area contributed by atoms with E-state index in [9.17, 15) is 0 Å². The van der Waals surface area contributed by atoms with Crippen molar-refractivity contribution in [2.24, 2.45) is 0 Å². The fourth-order valence-corrected chi connectivity index (χ4v) is 9.93. The number of aryl methyl sites for hydroxylation is 5. The van der Waals surface area contributed by atoms with Gasteiger partial charge in [0.15, 0.2) is 0 Å². The van der Waals surface area contributed by atoms with E-state index in [0.29, 0.717) is 0 Å². The molecule has 0 spiro atoms. The summed E-state index contributed by atoms with van der Waals surface area (Å²) >= 11 is 0. The highest BCUT2D eigenvalue weighted by molar-refractivity contribution is 6.98. The van der Waals surface area contributed by atoms with E-state index < -0.39 is 0 Å². The van der Waals surface area contributed by atoms with Crippen LogP contribution >= 0.6 is 0 Å². The normalized spacial score (nSPS) is 13.5. The Kier molecular flexibility index (Phi) is 8.38. The van der Waals surface area contributed by atoms with E-state index >= 15 is 0 Å². The lowest BCUT2D eigenvalue weighted by atomic mass is 9.34. The molecule has 0 radical (unpaired) electrons. The van der Waals surface area contributed by atoms with Gasteiger partial charge in [-0.1, -0.05) is 127 Å². The van der Waals surface area contributed by atoms with Crippen LogP contribution in [0.25, 0.3) is 11.1 Å². The molecule has 0 bridgehead atoms. The average molecular weight is 791 g/mol. The minimum Gasteiger partial charge on any atom is -0.458 e. The zero-order chi connectivity index (χ0) is 41.7. The van der Waals surface area contributed by atoms with Crippen LogP contribution in [0, 0.1) is 34.6 Å². The number of hydrogen-bond donors (Lipinski definition) is 0. The van der Waals surface area contributed by atoms with E-state index in [-0.39, 0.29) is 12.1 Å². The number of anilines is 6. The molecule has 61 heavy (non-hydrogen) atoms. The third-order valence-electron chi connectivity index (χ3n) is 13.0. The summed E-state index contributed by atoms with van der Waals surface area (Å²) in [7, 11) is 0. The van der Waals surface area contributed by atoms with Gasteiger partial charge in [-0.05, 0) is 117 Å². The lowest BCUT2D eigenvalue weighted by Gasteiger charge is -2.38. The molecule has 0 aromatic heterocycles. The molecule has 4 nitrogen and oxygen atoms in total. The summed E-state index contributed by atoms with van der Waals surface area (Å²) in [6, 6.07) is 57.8. The van der Waals surface area contributed by atoms with E-state index in [1.54, 1.807) is 0 Å². The monoisotopic (exact) mass is 790 g/mol. The number of nitrogens with zero attached hydrogens (tertiary/aromatic N) is 2. The number of rotatable bonds is 6. The summed E-state index contributed by atoms with van der Waals surface area (Å²) < 4.78 is 14.5. The fourth-order valence-electron chi connectivity index (χ4n) is 9.93. The summed E-state index contributed by atoms with van der Waals surface area (Å²) in [4.78, 5) is 4.76. The highest BCUT2D eigenvalue weighted by Crippen LogP contribution is 2.58. The molecule has 0 fully saturated rings. The maximum absolute atomic E-state index is 7.53. The van der Waals surface area contributed by atoms with Crippen LogP contribution in [0.2, 0.25) is 0 Å². The van der Waals surface area contributed by atoms with E-state index in [2.05, 4.69) is 216 Å². The zero-order valence-electron chi connectivity index (χ0n) is 35.8. The SMILES string of the molecule is Cc1ccc(N(c2ccc(C)cc2)c2cc3c4c(c2)Oc2c(cc(N(c5ccc(C)cc5)c5ccc(C)cc5)c5c2C(C)(C)c2ccccc2-5)B4c2cc(C)ccc2O3)cc1. The molecule has 8 aromatic carbocycles. The molecule has 3 aliphatic rings. The maximum atomic E-state index is 7.53. The van der Waals surface area contributed by atoms with Gasteiger partial charge in [0.1, 0.15) is 23.0 Å². The molecule has 0 N–H and O–H groups in total. The molecular formula is C56H47BN2O2. The summed E-state index contributed by atoms with van der Waals surface area (Å²) in [5.74, 6) is 3.42. The van der Waals surface area contributed by atoms with Gasteiger partial charge in [-0.3, -0.25) is 0 Å². The van der Waals surface area contributed by atoms with Crippen LogP contribution in [0.4, 0.5) is 34.1 Å². The maximum Gasteiger partial charge on any atom is 0.260 e. The van der Waals surface area contributed by atoms with Crippen LogP contribution < -0.4 is 35.7 Å². The molecule has 11 rings (SSSR count). The molecule has 0 atom stereocenters. The van der Waals surface area contributed by atoms with Gasteiger partial charge in [0.25, 0.3) is 6.71 Å². The zero-order valence-corrected chi connectivity index (χ0v) is 35.8. The van der Waals surface area contributed by atoms with Gasteiger partial charge >= 0.3 is 0 Å². The number of ether oxygens (including phenoxy) is 2. The number of hydrogen-bond acceptors (Lipinski definition) is 4. The summed E-state index contributed by atoms with van der Waals surface area (Å²) in [6.07, 6.45) is 0. The third kappa shape index (κ3) is 5.90. The molecule has 5 heteroatoms. The Hall–Kier alpha value is -6.98. The van der Waals surface area contributed by atoms with Crippen LogP contribution in [0.1, 0.15) is 52.8 Å². The smallest absolute Gasteiger partial charge is 0.260 e. The second kappa shape index (κ2) is 13.8. The standard InChI is InChI=1S/C56H47BN2O2/c1-34-12-21-39(22-13-34)58(40-23-14-35(2)15-24-40)43-31-50-54-51(32-43)61-55-47(57(54)46-30-38(5)20-29-49(46)60-50)33-48(52-44-10-8-9-11-45(44)56(6,7)53(52)55)59(41-25-16-36(3)17-26-41)42-27-18-37(4)19-28-42/h8-33H,1-7H3. The minimum atomic E-state index is -0.368. The number of benzene rings is 8. The van der Waals surface area contributed by atoms with Crippen molar-refractivity contribution in [3.8, 4) is 34.1 Å². The van der Waals surface area contributed by atoms with Gasteiger partial charge in [0.05, 0.1) is 11.4 Å². The van der Waals surface area contributed by atoms with Gasteiger partial charge < -0.3 is 19.3 Å². The Morgan fingerprint density at radius 3 is 1.49 bits per heavy atom. The van der Waals surface area contributed by atoms with Crippen molar-refractivity contribution in [1.82, 2.24) is 0 Å². The minimum absolute atomic E-state index is 0.139. The number of fused-ring (bicyclic) bond motifs is 8. The molecule has 0 saturated heterocycles. The summed E-state index contributed by atoms with van der Waals surface area (Å²) in [6.45, 7) is 15.3. The second-order valence-electron chi connectivity index (χ2n) is 17.8. The Labute approximate surface area is 359 Å². The van der Waals surface area contributed by atoms with Crippen LogP contribution in [-0.4, -0.2) is 6.71 Å². The molecule has 2 aliphatic heterocycles. The molecule has 8 aromatic rings. The van der Waals surface area contributed by atoms with Crippen molar-refractivity contribution in [2.45, 2.75) is 53.9 Å². The van der Waals surface area contributed by atoms with E-state index in [4.69, 9.17) is 9.47 Å². The predicted octanol–water partition coefficient (Wildman–Crippen LogP) is 13.2. The van der Waals surface area contributed by atoms with E-state index in [0.717, 1.165) is 73.5 Å². The largest absolute Gasteiger partial charge is 0.458 e. The van der Waals surface area contributed by atoms with Crippen molar-refractivity contribution in [3.63, 3.8) is 0 Å². The van der Waals surface area contributed by atoms with E-state index in [1.807, 2.05) is 0 Å². The molecular weight excluding hydrogens is 743 g/mol. The lowest BCUT2D eigenvalue weighted by molar-refractivity contribution is 0.455. The third-order valence-corrected chi connectivity index (χ3v) is 13.0. The van der Waals surface area contributed by atoms with Gasteiger partial charge in [0.2, 0.25) is 0 Å².